The van der Waals surface area contributed by atoms with Crippen LogP contribution in [0.4, 0.5) is 5.69 Å². The molecule has 0 fully saturated rings. The molecule has 0 atom stereocenters. The van der Waals surface area contributed by atoms with E-state index in [-0.39, 0.29) is 22.7 Å². The van der Waals surface area contributed by atoms with Crippen LogP contribution in [-0.2, 0) is 23.2 Å². The van der Waals surface area contributed by atoms with Gasteiger partial charge in [0.05, 0.1) is 36.0 Å². The smallest absolute Gasteiger partial charge is 0.273 e. The van der Waals surface area contributed by atoms with Crippen LogP contribution in [0.1, 0.15) is 27.0 Å². The topological polar surface area (TPSA) is 97.3 Å². The molecule has 0 aliphatic rings. The molecule has 6 aromatic carbocycles. The fourth-order valence-electron chi connectivity index (χ4n) is 5.18. The number of rotatable bonds is 12. The van der Waals surface area contributed by atoms with Gasteiger partial charge in [0.1, 0.15) is 18.1 Å². The van der Waals surface area contributed by atoms with Crippen LogP contribution in [0, 0.1) is 0 Å². The van der Waals surface area contributed by atoms with E-state index in [0.717, 1.165) is 22.1 Å². The molecule has 0 aliphatic heterocycles. The van der Waals surface area contributed by atoms with E-state index in [4.69, 9.17) is 9.47 Å². The number of methoxy groups -OCH3 is 1. The second kappa shape index (κ2) is 14.7. The van der Waals surface area contributed by atoms with Crippen LogP contribution in [0.2, 0.25) is 0 Å². The maximum absolute atomic E-state index is 14.0. The second-order valence-electron chi connectivity index (χ2n) is 10.9. The molecule has 1 amide bonds. The highest BCUT2D eigenvalue weighted by molar-refractivity contribution is 7.92. The highest BCUT2D eigenvalue weighted by Crippen LogP contribution is 2.30. The molecule has 0 bridgehead atoms. The number of hydrogen-bond donors (Lipinski definition) is 1. The molecule has 240 valence electrons. The first-order valence-corrected chi connectivity index (χ1v) is 16.7. The SMILES string of the molecule is COc1ccc(S(=O)(=O)N(Cc2ccccc2)c2ccccc2C(=O)N/N=C\c2ccc(OCc3ccc4ccccc4c3)cc2)cc1. The molecular weight excluding hydrogens is 623 g/mol. The number of nitrogens with zero attached hydrogens (tertiary/aromatic N) is 2. The summed E-state index contributed by atoms with van der Waals surface area (Å²) in [5.41, 5.74) is 5.50. The van der Waals surface area contributed by atoms with E-state index in [1.807, 2.05) is 66.7 Å². The van der Waals surface area contributed by atoms with Crippen molar-refractivity contribution in [3.63, 3.8) is 0 Å². The van der Waals surface area contributed by atoms with Gasteiger partial charge < -0.3 is 9.47 Å². The molecule has 0 spiro atoms. The monoisotopic (exact) mass is 655 g/mol. The molecule has 8 nitrogen and oxygen atoms in total. The molecule has 0 aliphatic carbocycles. The van der Waals surface area contributed by atoms with Gasteiger partial charge in [0.2, 0.25) is 0 Å². The highest BCUT2D eigenvalue weighted by atomic mass is 32.2. The van der Waals surface area contributed by atoms with E-state index in [0.29, 0.717) is 18.1 Å². The molecule has 0 radical (unpaired) electrons. The quantitative estimate of drug-likeness (QED) is 0.108. The Morgan fingerprint density at radius 1 is 0.729 bits per heavy atom. The predicted molar refractivity (Wildman–Crippen MR) is 189 cm³/mol. The van der Waals surface area contributed by atoms with Crippen molar-refractivity contribution in [1.82, 2.24) is 5.43 Å². The Morgan fingerprint density at radius 2 is 1.40 bits per heavy atom. The van der Waals surface area contributed by atoms with Crippen molar-refractivity contribution < 1.29 is 22.7 Å². The molecule has 0 saturated carbocycles. The number of para-hydroxylation sites is 1. The summed E-state index contributed by atoms with van der Waals surface area (Å²) in [4.78, 5) is 13.5. The normalized spacial score (nSPS) is 11.4. The van der Waals surface area contributed by atoms with Crippen LogP contribution in [0.5, 0.6) is 11.5 Å². The Hall–Kier alpha value is -5.93. The third-order valence-corrected chi connectivity index (χ3v) is 9.49. The maximum atomic E-state index is 14.0. The molecule has 0 saturated heterocycles. The van der Waals surface area contributed by atoms with Crippen molar-refractivity contribution >= 4 is 38.6 Å². The standard InChI is InChI=1S/C39H33N3O5S/c1-46-34-21-23-36(24-22-34)48(44,45)42(27-30-9-3-2-4-10-30)38-14-8-7-13-37(38)39(43)41-40-26-29-16-19-35(20-17-29)47-28-31-15-18-32-11-5-6-12-33(32)25-31/h2-26H,27-28H2,1H3,(H,41,43)/b40-26-. The van der Waals surface area contributed by atoms with E-state index in [1.165, 1.54) is 35.1 Å². The lowest BCUT2D eigenvalue weighted by Crippen LogP contribution is -2.33. The number of hydrazone groups is 1. The van der Waals surface area contributed by atoms with E-state index >= 15 is 0 Å². The summed E-state index contributed by atoms with van der Waals surface area (Å²) in [6, 6.07) is 43.7. The minimum Gasteiger partial charge on any atom is -0.497 e. The van der Waals surface area contributed by atoms with Crippen molar-refractivity contribution in [2.45, 2.75) is 18.0 Å². The predicted octanol–water partition coefficient (Wildman–Crippen LogP) is 7.59. The minimum absolute atomic E-state index is 0.0120. The lowest BCUT2D eigenvalue weighted by Gasteiger charge is -2.26. The van der Waals surface area contributed by atoms with Crippen LogP contribution in [0.3, 0.4) is 0 Å². The molecule has 6 aromatic rings. The van der Waals surface area contributed by atoms with E-state index in [2.05, 4.69) is 40.9 Å². The summed E-state index contributed by atoms with van der Waals surface area (Å²) in [5.74, 6) is 0.680. The zero-order valence-electron chi connectivity index (χ0n) is 26.2. The number of amides is 1. The number of hydrogen-bond acceptors (Lipinski definition) is 6. The van der Waals surface area contributed by atoms with Gasteiger partial charge in [-0.3, -0.25) is 9.10 Å². The van der Waals surface area contributed by atoms with Gasteiger partial charge in [-0.05, 0) is 94.2 Å². The van der Waals surface area contributed by atoms with Crippen LogP contribution in [0.25, 0.3) is 10.8 Å². The van der Waals surface area contributed by atoms with E-state index in [9.17, 15) is 13.2 Å². The molecule has 48 heavy (non-hydrogen) atoms. The Kier molecular flexibility index (Phi) is 9.78. The Bertz CT molecular complexity index is 2150. The van der Waals surface area contributed by atoms with Crippen LogP contribution >= 0.6 is 0 Å². The Labute approximate surface area is 279 Å². The van der Waals surface area contributed by atoms with Gasteiger partial charge in [0, 0.05) is 0 Å². The third-order valence-electron chi connectivity index (χ3n) is 7.71. The van der Waals surface area contributed by atoms with E-state index in [1.54, 1.807) is 36.4 Å². The minimum atomic E-state index is -4.09. The van der Waals surface area contributed by atoms with Crippen molar-refractivity contribution in [2.24, 2.45) is 5.10 Å². The van der Waals surface area contributed by atoms with Gasteiger partial charge in [-0.2, -0.15) is 5.10 Å². The second-order valence-corrected chi connectivity index (χ2v) is 12.8. The van der Waals surface area contributed by atoms with Gasteiger partial charge in [-0.15, -0.1) is 0 Å². The van der Waals surface area contributed by atoms with Crippen molar-refractivity contribution in [2.75, 3.05) is 11.4 Å². The maximum Gasteiger partial charge on any atom is 0.273 e. The van der Waals surface area contributed by atoms with Gasteiger partial charge in [-0.25, -0.2) is 13.8 Å². The third kappa shape index (κ3) is 7.54. The molecule has 0 aromatic heterocycles. The van der Waals surface area contributed by atoms with Crippen LogP contribution in [-0.4, -0.2) is 27.6 Å². The molecular formula is C39H33N3O5S. The fraction of sp³-hybridized carbons (Fsp3) is 0.0769. The first kappa shape index (κ1) is 32.0. The van der Waals surface area contributed by atoms with Crippen molar-refractivity contribution in [3.8, 4) is 11.5 Å². The average molecular weight is 656 g/mol. The fourth-order valence-corrected chi connectivity index (χ4v) is 6.65. The molecule has 9 heteroatoms. The van der Waals surface area contributed by atoms with Gasteiger partial charge in [0.25, 0.3) is 15.9 Å². The number of ether oxygens (including phenoxy) is 2. The zero-order chi connectivity index (χ0) is 33.3. The largest absolute Gasteiger partial charge is 0.497 e. The first-order valence-electron chi connectivity index (χ1n) is 15.2. The van der Waals surface area contributed by atoms with Gasteiger partial charge in [-0.1, -0.05) is 78.9 Å². The number of fused-ring (bicyclic) bond motifs is 1. The average Bonchev–Trinajstić information content (AvgIpc) is 3.13. The number of nitrogens with one attached hydrogen (secondary N) is 1. The molecule has 0 unspecified atom stereocenters. The lowest BCUT2D eigenvalue weighted by atomic mass is 10.1. The van der Waals surface area contributed by atoms with Gasteiger partial charge >= 0.3 is 0 Å². The summed E-state index contributed by atoms with van der Waals surface area (Å²) in [7, 11) is -2.57. The Balaban J connectivity index is 1.16. The Morgan fingerprint density at radius 3 is 2.15 bits per heavy atom. The number of sulfonamides is 1. The lowest BCUT2D eigenvalue weighted by molar-refractivity contribution is 0.0955. The van der Waals surface area contributed by atoms with Crippen molar-refractivity contribution in [3.05, 3.63) is 168 Å². The highest BCUT2D eigenvalue weighted by Gasteiger charge is 2.28. The van der Waals surface area contributed by atoms with Gasteiger partial charge in [0.15, 0.2) is 0 Å². The number of carbonyl (C=O) groups excluding carboxylic acids is 1. The number of carbonyl (C=O) groups is 1. The first-order chi connectivity index (χ1) is 23.4. The summed E-state index contributed by atoms with van der Waals surface area (Å²) in [6.07, 6.45) is 1.52. The summed E-state index contributed by atoms with van der Waals surface area (Å²) in [6.45, 7) is 0.446. The molecule has 1 N–H and O–H groups in total. The number of benzene rings is 6. The zero-order valence-corrected chi connectivity index (χ0v) is 27.0. The van der Waals surface area contributed by atoms with E-state index < -0.39 is 15.9 Å². The van der Waals surface area contributed by atoms with Crippen LogP contribution < -0.4 is 19.2 Å². The summed E-state index contributed by atoms with van der Waals surface area (Å²) >= 11 is 0. The molecule has 6 rings (SSSR count). The number of anilines is 1. The van der Waals surface area contributed by atoms with Crippen LogP contribution in [0.15, 0.2) is 156 Å². The molecule has 0 heterocycles. The summed E-state index contributed by atoms with van der Waals surface area (Å²) in [5, 5.41) is 6.50. The summed E-state index contributed by atoms with van der Waals surface area (Å²) < 4.78 is 40.5. The van der Waals surface area contributed by atoms with Crippen molar-refractivity contribution in [1.29, 1.82) is 0 Å².